The predicted octanol–water partition coefficient (Wildman–Crippen LogP) is 4.03. The van der Waals surface area contributed by atoms with Gasteiger partial charge in [0.15, 0.2) is 5.76 Å². The molecule has 3 N–H and O–H groups in total. The molecule has 4 bridgehead atoms. The molecule has 2 aromatic rings. The minimum Gasteiger partial charge on any atom is -0.455 e. The van der Waals surface area contributed by atoms with Gasteiger partial charge in [-0.2, -0.15) is 0 Å². The highest BCUT2D eigenvalue weighted by Crippen LogP contribution is 2.54. The molecule has 1 heterocycles. The summed E-state index contributed by atoms with van der Waals surface area (Å²) in [6, 6.07) is 12.2. The maximum atomic E-state index is 9.65. The highest BCUT2D eigenvalue weighted by molar-refractivity contribution is 5.58. The molecule has 4 saturated carbocycles. The van der Waals surface area contributed by atoms with Crippen molar-refractivity contribution in [2.75, 3.05) is 0 Å². The van der Waals surface area contributed by atoms with Gasteiger partial charge in [-0.25, -0.2) is 0 Å². The molecule has 1 atom stereocenters. The van der Waals surface area contributed by atoms with Crippen LogP contribution in [0.3, 0.4) is 0 Å². The van der Waals surface area contributed by atoms with Crippen LogP contribution in [-0.4, -0.2) is 10.6 Å². The molecule has 138 valence electrons. The molecule has 0 radical (unpaired) electrons. The van der Waals surface area contributed by atoms with Crippen LogP contribution in [0.2, 0.25) is 0 Å². The van der Waals surface area contributed by atoms with E-state index < -0.39 is 6.10 Å². The van der Waals surface area contributed by atoms with Crippen molar-refractivity contribution in [2.45, 2.75) is 63.6 Å². The van der Waals surface area contributed by atoms with Crippen molar-refractivity contribution >= 4 is 0 Å². The molecule has 4 fully saturated rings. The van der Waals surface area contributed by atoms with Crippen LogP contribution in [0.1, 0.15) is 62.9 Å². The smallest absolute Gasteiger partial charge is 0.158 e. The van der Waals surface area contributed by atoms with Crippen LogP contribution in [0, 0.1) is 17.8 Å². The second-order valence-electron chi connectivity index (χ2n) is 9.25. The second-order valence-corrected chi connectivity index (χ2v) is 9.25. The average Bonchev–Trinajstić information content (AvgIpc) is 3.08. The Bertz CT molecular complexity index is 738. The Labute approximate surface area is 155 Å². The standard InChI is InChI=1S/C23H29NO2/c1-15(25)19-2-4-20(5-3-19)22-7-6-21(26-22)14-24-23-11-16-8-17(12-23)10-18(9-16)13-23/h2-7,15-18,24-25H,8-14H2,1H3/p+1/t15-,16?,17?,18?,23?/m1/s1. The van der Waals surface area contributed by atoms with Crippen molar-refractivity contribution in [3.8, 4) is 11.3 Å². The molecule has 3 nitrogen and oxygen atoms in total. The number of aliphatic hydroxyl groups excluding tert-OH is 1. The Morgan fingerprint density at radius 1 is 1.00 bits per heavy atom. The predicted molar refractivity (Wildman–Crippen MR) is 101 cm³/mol. The van der Waals surface area contributed by atoms with E-state index in [1.165, 1.54) is 38.5 Å². The van der Waals surface area contributed by atoms with E-state index in [9.17, 15) is 5.11 Å². The summed E-state index contributed by atoms with van der Waals surface area (Å²) in [5.41, 5.74) is 2.52. The third-order valence-corrected chi connectivity index (χ3v) is 7.16. The number of benzene rings is 1. The summed E-state index contributed by atoms with van der Waals surface area (Å²) >= 11 is 0. The van der Waals surface area contributed by atoms with Crippen molar-refractivity contribution in [2.24, 2.45) is 17.8 Å². The van der Waals surface area contributed by atoms with E-state index in [4.69, 9.17) is 4.42 Å². The number of aliphatic hydroxyl groups is 1. The first-order chi connectivity index (χ1) is 12.6. The number of furan rings is 1. The summed E-state index contributed by atoms with van der Waals surface area (Å²) in [6.07, 6.45) is 8.35. The van der Waals surface area contributed by atoms with Gasteiger partial charge in [-0.05, 0) is 61.6 Å². The van der Waals surface area contributed by atoms with Gasteiger partial charge in [0.25, 0.3) is 0 Å². The Kier molecular flexibility index (Phi) is 3.98. The van der Waals surface area contributed by atoms with E-state index in [0.717, 1.165) is 46.9 Å². The molecular weight excluding hydrogens is 322 g/mol. The van der Waals surface area contributed by atoms with Crippen molar-refractivity contribution in [1.29, 1.82) is 0 Å². The molecule has 0 spiro atoms. The first-order valence-corrected chi connectivity index (χ1v) is 10.3. The highest BCUT2D eigenvalue weighted by Gasteiger charge is 2.53. The molecule has 1 aromatic carbocycles. The van der Waals surface area contributed by atoms with E-state index in [1.54, 1.807) is 6.92 Å². The molecular formula is C23H30NO2+. The van der Waals surface area contributed by atoms with Crippen molar-refractivity contribution in [3.05, 3.63) is 47.7 Å². The normalized spacial score (nSPS) is 33.5. The zero-order valence-corrected chi connectivity index (χ0v) is 15.7. The number of hydrogen-bond acceptors (Lipinski definition) is 2. The fourth-order valence-electron chi connectivity index (χ4n) is 6.31. The molecule has 4 aliphatic carbocycles. The van der Waals surface area contributed by atoms with E-state index in [1.807, 2.05) is 24.3 Å². The molecule has 3 heteroatoms. The van der Waals surface area contributed by atoms with Crippen LogP contribution >= 0.6 is 0 Å². The molecule has 26 heavy (non-hydrogen) atoms. The number of nitrogens with two attached hydrogens (primary N) is 1. The minimum atomic E-state index is -0.425. The highest BCUT2D eigenvalue weighted by atomic mass is 16.3. The van der Waals surface area contributed by atoms with E-state index in [-0.39, 0.29) is 0 Å². The molecule has 0 aliphatic heterocycles. The quantitative estimate of drug-likeness (QED) is 0.853. The van der Waals surface area contributed by atoms with Crippen molar-refractivity contribution in [1.82, 2.24) is 0 Å². The molecule has 0 saturated heterocycles. The van der Waals surface area contributed by atoms with E-state index in [2.05, 4.69) is 17.4 Å². The average molecular weight is 352 g/mol. The van der Waals surface area contributed by atoms with Gasteiger partial charge in [0.05, 0.1) is 11.6 Å². The van der Waals surface area contributed by atoms with Crippen LogP contribution in [0.4, 0.5) is 0 Å². The summed E-state index contributed by atoms with van der Waals surface area (Å²) in [5.74, 6) is 5.00. The summed E-state index contributed by atoms with van der Waals surface area (Å²) in [7, 11) is 0. The van der Waals surface area contributed by atoms with Gasteiger partial charge in [-0.1, -0.05) is 24.3 Å². The fourth-order valence-corrected chi connectivity index (χ4v) is 6.31. The van der Waals surface area contributed by atoms with Gasteiger partial charge in [0.1, 0.15) is 12.3 Å². The van der Waals surface area contributed by atoms with Crippen LogP contribution in [-0.2, 0) is 6.54 Å². The lowest BCUT2D eigenvalue weighted by Crippen LogP contribution is -2.97. The number of rotatable bonds is 5. The van der Waals surface area contributed by atoms with Crippen LogP contribution in [0.15, 0.2) is 40.8 Å². The van der Waals surface area contributed by atoms with Crippen molar-refractivity contribution in [3.63, 3.8) is 0 Å². The van der Waals surface area contributed by atoms with Crippen molar-refractivity contribution < 1.29 is 14.8 Å². The largest absolute Gasteiger partial charge is 0.455 e. The summed E-state index contributed by atoms with van der Waals surface area (Å²) in [4.78, 5) is 0. The Morgan fingerprint density at radius 2 is 1.62 bits per heavy atom. The Morgan fingerprint density at radius 3 is 2.19 bits per heavy atom. The van der Waals surface area contributed by atoms with Gasteiger partial charge in [0, 0.05) is 24.8 Å². The van der Waals surface area contributed by atoms with Crippen LogP contribution in [0.25, 0.3) is 11.3 Å². The van der Waals surface area contributed by atoms with E-state index in [0.29, 0.717) is 5.54 Å². The summed E-state index contributed by atoms with van der Waals surface area (Å²) in [5, 5.41) is 12.3. The van der Waals surface area contributed by atoms with Gasteiger partial charge < -0.3 is 14.8 Å². The fraction of sp³-hybridized carbons (Fsp3) is 0.565. The topological polar surface area (TPSA) is 50.0 Å². The summed E-state index contributed by atoms with van der Waals surface area (Å²) < 4.78 is 6.14. The van der Waals surface area contributed by atoms with Gasteiger partial charge in [0.2, 0.25) is 0 Å². The van der Waals surface area contributed by atoms with Crippen LogP contribution in [0.5, 0.6) is 0 Å². The number of quaternary nitrogens is 1. The Balaban J connectivity index is 1.26. The number of hydrogen-bond donors (Lipinski definition) is 2. The molecule has 0 unspecified atom stereocenters. The van der Waals surface area contributed by atoms with Gasteiger partial charge >= 0.3 is 0 Å². The maximum absolute atomic E-state index is 9.65. The molecule has 0 amide bonds. The minimum absolute atomic E-state index is 0.425. The molecule has 4 aliphatic rings. The molecule has 6 rings (SSSR count). The zero-order chi connectivity index (χ0) is 17.7. The third-order valence-electron chi connectivity index (χ3n) is 7.16. The van der Waals surface area contributed by atoms with Gasteiger partial charge in [-0.3, -0.25) is 0 Å². The first-order valence-electron chi connectivity index (χ1n) is 10.3. The van der Waals surface area contributed by atoms with E-state index >= 15 is 0 Å². The summed E-state index contributed by atoms with van der Waals surface area (Å²) in [6.45, 7) is 2.75. The lowest BCUT2D eigenvalue weighted by molar-refractivity contribution is -0.754. The lowest BCUT2D eigenvalue weighted by Gasteiger charge is -2.54. The third kappa shape index (κ3) is 3.01. The SMILES string of the molecule is C[C@@H](O)c1ccc(-c2ccc(C[NH2+]C34CC5CC(CC(C5)C3)C4)o2)cc1. The monoisotopic (exact) mass is 352 g/mol. The second kappa shape index (κ2) is 6.24. The lowest BCUT2D eigenvalue weighted by atomic mass is 9.53. The zero-order valence-electron chi connectivity index (χ0n) is 15.7. The maximum Gasteiger partial charge on any atom is 0.158 e. The first kappa shape index (κ1) is 16.6. The Hall–Kier alpha value is -1.58. The van der Waals surface area contributed by atoms with Gasteiger partial charge in [-0.15, -0.1) is 0 Å². The molecule has 1 aromatic heterocycles. The van der Waals surface area contributed by atoms with Crippen LogP contribution < -0.4 is 5.32 Å².